The zero-order valence-electron chi connectivity index (χ0n) is 10.8. The van der Waals surface area contributed by atoms with Crippen LogP contribution in [-0.4, -0.2) is 17.0 Å². The van der Waals surface area contributed by atoms with Crippen molar-refractivity contribution in [3.05, 3.63) is 58.4 Å². The molecule has 0 spiro atoms. The van der Waals surface area contributed by atoms with Gasteiger partial charge < -0.3 is 4.74 Å². The first-order valence-corrected chi connectivity index (χ1v) is 6.61. The Morgan fingerprint density at radius 3 is 2.79 bits per heavy atom. The van der Waals surface area contributed by atoms with E-state index in [-0.39, 0.29) is 0 Å². The molecule has 0 N–H and O–H groups in total. The normalized spacial score (nSPS) is 14.4. The van der Waals surface area contributed by atoms with Crippen LogP contribution in [0.2, 0.25) is 5.02 Å². The third-order valence-corrected chi connectivity index (χ3v) is 3.57. The van der Waals surface area contributed by atoms with Gasteiger partial charge in [-0.1, -0.05) is 23.7 Å². The van der Waals surface area contributed by atoms with Crippen LogP contribution < -0.4 is 4.74 Å². The number of benzene rings is 1. The zero-order valence-corrected chi connectivity index (χ0v) is 11.5. The smallest absolute Gasteiger partial charge is 0.118 e. The number of pyridine rings is 1. The van der Waals surface area contributed by atoms with Crippen molar-refractivity contribution in [2.45, 2.75) is 19.6 Å². The van der Waals surface area contributed by atoms with Gasteiger partial charge in [0, 0.05) is 25.8 Å². The summed E-state index contributed by atoms with van der Waals surface area (Å²) >= 11 is 5.97. The van der Waals surface area contributed by atoms with Crippen LogP contribution in [-0.2, 0) is 19.6 Å². The Bertz CT molecular complexity index is 583. The van der Waals surface area contributed by atoms with E-state index in [2.05, 4.69) is 22.0 Å². The summed E-state index contributed by atoms with van der Waals surface area (Å²) in [5.74, 6) is 0.891. The van der Waals surface area contributed by atoms with Gasteiger partial charge in [0.05, 0.1) is 17.8 Å². The lowest BCUT2D eigenvalue weighted by Crippen LogP contribution is -2.15. The van der Waals surface area contributed by atoms with E-state index in [0.29, 0.717) is 5.02 Å². The van der Waals surface area contributed by atoms with Gasteiger partial charge in [0.25, 0.3) is 0 Å². The molecule has 1 aromatic carbocycles. The highest BCUT2D eigenvalue weighted by molar-refractivity contribution is 6.30. The fraction of sp³-hybridized carbons (Fsp3) is 0.267. The molecular weight excluding hydrogens is 260 g/mol. The summed E-state index contributed by atoms with van der Waals surface area (Å²) in [5.41, 5.74) is 3.65. The van der Waals surface area contributed by atoms with Crippen LogP contribution >= 0.6 is 11.6 Å². The van der Waals surface area contributed by atoms with Crippen molar-refractivity contribution >= 4 is 11.6 Å². The summed E-state index contributed by atoms with van der Waals surface area (Å²) in [4.78, 5) is 6.74. The Morgan fingerprint density at radius 1 is 1.26 bits per heavy atom. The minimum absolute atomic E-state index is 0.713. The van der Waals surface area contributed by atoms with Gasteiger partial charge in [0.2, 0.25) is 0 Å². The largest absolute Gasteiger partial charge is 0.497 e. The molecule has 0 fully saturated rings. The predicted octanol–water partition coefficient (Wildman–Crippen LogP) is 3.26. The molecule has 0 amide bonds. The molecule has 4 heteroatoms. The van der Waals surface area contributed by atoms with E-state index in [4.69, 9.17) is 16.3 Å². The van der Waals surface area contributed by atoms with Gasteiger partial charge in [0.1, 0.15) is 5.75 Å². The van der Waals surface area contributed by atoms with Crippen molar-refractivity contribution in [1.29, 1.82) is 0 Å². The molecule has 0 bridgehead atoms. The maximum Gasteiger partial charge on any atom is 0.118 e. The van der Waals surface area contributed by atoms with E-state index >= 15 is 0 Å². The highest BCUT2D eigenvalue weighted by Gasteiger charge is 2.20. The van der Waals surface area contributed by atoms with E-state index in [0.717, 1.165) is 31.1 Å². The molecule has 2 aromatic rings. The summed E-state index contributed by atoms with van der Waals surface area (Å²) in [7, 11) is 1.68. The van der Waals surface area contributed by atoms with E-state index in [9.17, 15) is 0 Å². The first kappa shape index (κ1) is 12.5. The molecule has 0 saturated carbocycles. The van der Waals surface area contributed by atoms with Crippen molar-refractivity contribution < 1.29 is 4.74 Å². The van der Waals surface area contributed by atoms with E-state index < -0.39 is 0 Å². The van der Waals surface area contributed by atoms with Crippen LogP contribution in [0, 0.1) is 0 Å². The standard InChI is InChI=1S/C15H15ClN2O/c1-19-14-4-2-11(3-5-14)8-18-9-12-6-13(16)7-17-15(12)10-18/h2-7H,8-10H2,1H3. The number of hydrogen-bond donors (Lipinski definition) is 0. The van der Waals surface area contributed by atoms with Gasteiger partial charge in [0.15, 0.2) is 0 Å². The molecule has 0 aliphatic carbocycles. The number of fused-ring (bicyclic) bond motifs is 1. The van der Waals surface area contributed by atoms with Crippen molar-refractivity contribution in [2.75, 3.05) is 7.11 Å². The molecule has 98 valence electrons. The fourth-order valence-electron chi connectivity index (χ4n) is 2.40. The number of hydrogen-bond acceptors (Lipinski definition) is 3. The number of ether oxygens (including phenoxy) is 1. The van der Waals surface area contributed by atoms with Crippen LogP contribution in [0.3, 0.4) is 0 Å². The lowest BCUT2D eigenvalue weighted by atomic mass is 10.2. The Balaban J connectivity index is 1.69. The van der Waals surface area contributed by atoms with E-state index in [1.165, 1.54) is 11.1 Å². The quantitative estimate of drug-likeness (QED) is 0.859. The van der Waals surface area contributed by atoms with Crippen molar-refractivity contribution in [3.8, 4) is 5.75 Å². The molecule has 0 radical (unpaired) electrons. The number of nitrogens with zero attached hydrogens (tertiary/aromatic N) is 2. The lowest BCUT2D eigenvalue weighted by molar-refractivity contribution is 0.274. The average Bonchev–Trinajstić information content (AvgIpc) is 2.81. The minimum atomic E-state index is 0.713. The molecule has 3 rings (SSSR count). The van der Waals surface area contributed by atoms with Crippen molar-refractivity contribution in [1.82, 2.24) is 9.88 Å². The second-order valence-electron chi connectivity index (χ2n) is 4.75. The number of rotatable bonds is 3. The van der Waals surface area contributed by atoms with Gasteiger partial charge in [-0.2, -0.15) is 0 Å². The van der Waals surface area contributed by atoms with Crippen LogP contribution in [0.25, 0.3) is 0 Å². The van der Waals surface area contributed by atoms with Crippen LogP contribution in [0.5, 0.6) is 5.75 Å². The second-order valence-corrected chi connectivity index (χ2v) is 5.19. The molecule has 0 unspecified atom stereocenters. The Kier molecular flexibility index (Phi) is 3.40. The third kappa shape index (κ3) is 2.72. The number of aromatic nitrogens is 1. The summed E-state index contributed by atoms with van der Waals surface area (Å²) in [6, 6.07) is 10.2. The SMILES string of the molecule is COc1ccc(CN2Cc3cc(Cl)cnc3C2)cc1. The van der Waals surface area contributed by atoms with Gasteiger partial charge in [-0.3, -0.25) is 9.88 Å². The minimum Gasteiger partial charge on any atom is -0.497 e. The fourth-order valence-corrected chi connectivity index (χ4v) is 2.58. The summed E-state index contributed by atoms with van der Waals surface area (Å²) in [6.45, 7) is 2.71. The lowest BCUT2D eigenvalue weighted by Gasteiger charge is -2.14. The van der Waals surface area contributed by atoms with Gasteiger partial charge in [-0.25, -0.2) is 0 Å². The van der Waals surface area contributed by atoms with Gasteiger partial charge >= 0.3 is 0 Å². The summed E-state index contributed by atoms with van der Waals surface area (Å²) < 4.78 is 5.16. The first-order valence-electron chi connectivity index (χ1n) is 6.23. The van der Waals surface area contributed by atoms with Crippen LogP contribution in [0.1, 0.15) is 16.8 Å². The summed E-state index contributed by atoms with van der Waals surface area (Å²) in [5, 5.41) is 0.713. The number of methoxy groups -OCH3 is 1. The van der Waals surface area contributed by atoms with Crippen LogP contribution in [0.15, 0.2) is 36.5 Å². The molecule has 1 aromatic heterocycles. The van der Waals surface area contributed by atoms with Crippen molar-refractivity contribution in [2.24, 2.45) is 0 Å². The molecular formula is C15H15ClN2O. The van der Waals surface area contributed by atoms with Crippen LogP contribution in [0.4, 0.5) is 0 Å². The highest BCUT2D eigenvalue weighted by atomic mass is 35.5. The topological polar surface area (TPSA) is 25.4 Å². The summed E-state index contributed by atoms with van der Waals surface area (Å²) in [6.07, 6.45) is 1.72. The Morgan fingerprint density at radius 2 is 2.05 bits per heavy atom. The zero-order chi connectivity index (χ0) is 13.2. The van der Waals surface area contributed by atoms with E-state index in [1.807, 2.05) is 18.2 Å². The molecule has 19 heavy (non-hydrogen) atoms. The maximum atomic E-state index is 5.97. The molecule has 3 nitrogen and oxygen atoms in total. The Hall–Kier alpha value is -1.58. The molecule has 1 aliphatic rings. The average molecular weight is 275 g/mol. The second kappa shape index (κ2) is 5.19. The molecule has 1 aliphatic heterocycles. The molecule has 2 heterocycles. The third-order valence-electron chi connectivity index (χ3n) is 3.36. The molecule has 0 atom stereocenters. The van der Waals surface area contributed by atoms with Crippen molar-refractivity contribution in [3.63, 3.8) is 0 Å². The monoisotopic (exact) mass is 274 g/mol. The Labute approximate surface area is 117 Å². The molecule has 0 saturated heterocycles. The maximum absolute atomic E-state index is 5.97. The van der Waals surface area contributed by atoms with Gasteiger partial charge in [-0.05, 0) is 29.3 Å². The predicted molar refractivity (Wildman–Crippen MR) is 75.2 cm³/mol. The van der Waals surface area contributed by atoms with E-state index in [1.54, 1.807) is 13.3 Å². The number of halogens is 1. The van der Waals surface area contributed by atoms with Gasteiger partial charge in [-0.15, -0.1) is 0 Å². The first-order chi connectivity index (χ1) is 9.24. The highest BCUT2D eigenvalue weighted by Crippen LogP contribution is 2.25.